The minimum Gasteiger partial charge on any atom is -0.396 e. The summed E-state index contributed by atoms with van der Waals surface area (Å²) in [5, 5.41) is 9.26. The lowest BCUT2D eigenvalue weighted by atomic mass is 9.89. The van der Waals surface area contributed by atoms with Crippen molar-refractivity contribution in [3.8, 4) is 0 Å². The van der Waals surface area contributed by atoms with Crippen molar-refractivity contribution in [1.82, 2.24) is 0 Å². The Morgan fingerprint density at radius 1 is 1.38 bits per heavy atom. The molecule has 0 amide bonds. The van der Waals surface area contributed by atoms with Gasteiger partial charge in [0.2, 0.25) is 0 Å². The van der Waals surface area contributed by atoms with Gasteiger partial charge in [-0.25, -0.2) is 0 Å². The van der Waals surface area contributed by atoms with Gasteiger partial charge in [0.1, 0.15) is 0 Å². The predicted octanol–water partition coefficient (Wildman–Crippen LogP) is 1.40. The molecule has 1 N–H and O–H groups in total. The Bertz CT molecular complexity index is 177. The van der Waals surface area contributed by atoms with Gasteiger partial charge in [0, 0.05) is 33.2 Å². The van der Waals surface area contributed by atoms with Crippen LogP contribution in [0.5, 0.6) is 0 Å². The summed E-state index contributed by atoms with van der Waals surface area (Å²) in [6.45, 7) is 4.38. The lowest BCUT2D eigenvalue weighted by Crippen LogP contribution is -2.37. The molecule has 1 rings (SSSR count). The van der Waals surface area contributed by atoms with Crippen molar-refractivity contribution in [3.05, 3.63) is 0 Å². The van der Waals surface area contributed by atoms with Gasteiger partial charge in [-0.2, -0.15) is 0 Å². The highest BCUT2D eigenvalue weighted by Crippen LogP contribution is 2.49. The van der Waals surface area contributed by atoms with Gasteiger partial charge < -0.3 is 14.6 Å². The molecule has 78 valence electrons. The second kappa shape index (κ2) is 3.56. The van der Waals surface area contributed by atoms with E-state index in [0.29, 0.717) is 5.92 Å². The molecule has 0 saturated heterocycles. The van der Waals surface area contributed by atoms with Crippen LogP contribution in [0.15, 0.2) is 0 Å². The minimum absolute atomic E-state index is 0.0502. The Balaban J connectivity index is 2.80. The van der Waals surface area contributed by atoms with E-state index in [-0.39, 0.29) is 12.0 Å². The highest BCUT2D eigenvalue weighted by atomic mass is 16.7. The molecule has 0 bridgehead atoms. The molecule has 0 aromatic rings. The molecule has 0 aliphatic heterocycles. The maximum absolute atomic E-state index is 9.26. The van der Waals surface area contributed by atoms with E-state index in [1.54, 1.807) is 14.2 Å². The molecule has 0 heterocycles. The van der Waals surface area contributed by atoms with Crippen LogP contribution in [-0.4, -0.2) is 31.7 Å². The third kappa shape index (κ3) is 1.73. The molecule has 0 aromatic heterocycles. The Kier molecular flexibility index (Phi) is 3.00. The van der Waals surface area contributed by atoms with Crippen molar-refractivity contribution in [2.45, 2.75) is 32.5 Å². The summed E-state index contributed by atoms with van der Waals surface area (Å²) < 4.78 is 10.8. The minimum atomic E-state index is -0.489. The lowest BCUT2D eigenvalue weighted by Gasteiger charge is -2.31. The molecule has 3 heteroatoms. The molecule has 1 saturated carbocycles. The van der Waals surface area contributed by atoms with Crippen LogP contribution in [0.3, 0.4) is 0 Å². The fraction of sp³-hybridized carbons (Fsp3) is 1.00. The second-order valence-corrected chi connectivity index (χ2v) is 4.47. The third-order valence-corrected chi connectivity index (χ3v) is 3.30. The van der Waals surface area contributed by atoms with Crippen LogP contribution in [0.2, 0.25) is 0 Å². The first kappa shape index (κ1) is 11.0. The van der Waals surface area contributed by atoms with Gasteiger partial charge in [-0.15, -0.1) is 0 Å². The zero-order chi connectivity index (χ0) is 10.1. The van der Waals surface area contributed by atoms with Crippen molar-refractivity contribution in [2.75, 3.05) is 20.8 Å². The van der Waals surface area contributed by atoms with E-state index in [4.69, 9.17) is 9.47 Å². The zero-order valence-electron chi connectivity index (χ0n) is 8.96. The van der Waals surface area contributed by atoms with E-state index in [1.807, 2.05) is 0 Å². The summed E-state index contributed by atoms with van der Waals surface area (Å²) in [6.07, 6.45) is 1.72. The summed E-state index contributed by atoms with van der Waals surface area (Å²) in [5.41, 5.74) is -0.0502. The topological polar surface area (TPSA) is 38.7 Å². The summed E-state index contributed by atoms with van der Waals surface area (Å²) in [6, 6.07) is 0. The molecule has 0 aromatic carbocycles. The van der Waals surface area contributed by atoms with Crippen LogP contribution in [0.4, 0.5) is 0 Å². The fourth-order valence-electron chi connectivity index (χ4n) is 2.49. The SMILES string of the molecule is COC1(OC)CC(C)(CO)CC1C. The average Bonchev–Trinajstić information content (AvgIpc) is 2.39. The Labute approximate surface area is 80.0 Å². The molecule has 1 aliphatic rings. The van der Waals surface area contributed by atoms with E-state index in [2.05, 4.69) is 13.8 Å². The van der Waals surface area contributed by atoms with Gasteiger partial charge in [-0.1, -0.05) is 13.8 Å². The number of aliphatic hydroxyl groups excluding tert-OH is 1. The van der Waals surface area contributed by atoms with Crippen LogP contribution in [-0.2, 0) is 9.47 Å². The van der Waals surface area contributed by atoms with Crippen LogP contribution in [0.25, 0.3) is 0 Å². The third-order valence-electron chi connectivity index (χ3n) is 3.30. The average molecular weight is 188 g/mol. The Morgan fingerprint density at radius 2 is 1.92 bits per heavy atom. The van der Waals surface area contributed by atoms with Crippen LogP contribution < -0.4 is 0 Å². The highest BCUT2D eigenvalue weighted by Gasteiger charge is 2.51. The number of hydrogen-bond donors (Lipinski definition) is 1. The van der Waals surface area contributed by atoms with Gasteiger partial charge in [0.25, 0.3) is 0 Å². The predicted molar refractivity (Wildman–Crippen MR) is 50.3 cm³/mol. The number of aliphatic hydroxyl groups is 1. The molecule has 2 unspecified atom stereocenters. The van der Waals surface area contributed by atoms with Gasteiger partial charge in [0.05, 0.1) is 0 Å². The summed E-state index contributed by atoms with van der Waals surface area (Å²) >= 11 is 0. The highest BCUT2D eigenvalue weighted by molar-refractivity contribution is 4.95. The molecule has 13 heavy (non-hydrogen) atoms. The Hall–Kier alpha value is -0.120. The van der Waals surface area contributed by atoms with E-state index < -0.39 is 5.79 Å². The van der Waals surface area contributed by atoms with Gasteiger partial charge in [0.15, 0.2) is 5.79 Å². The standard InChI is InChI=1S/C10H20O3/c1-8-5-9(2,7-11)6-10(8,12-3)13-4/h8,11H,5-7H2,1-4H3. The molecule has 3 nitrogen and oxygen atoms in total. The molecule has 1 aliphatic carbocycles. The van der Waals surface area contributed by atoms with Crippen molar-refractivity contribution in [1.29, 1.82) is 0 Å². The van der Waals surface area contributed by atoms with E-state index in [1.165, 1.54) is 0 Å². The van der Waals surface area contributed by atoms with E-state index in [9.17, 15) is 5.11 Å². The molecule has 0 spiro atoms. The smallest absolute Gasteiger partial charge is 0.170 e. The van der Waals surface area contributed by atoms with Gasteiger partial charge in [-0.05, 0) is 11.8 Å². The maximum atomic E-state index is 9.26. The van der Waals surface area contributed by atoms with Crippen molar-refractivity contribution >= 4 is 0 Å². The van der Waals surface area contributed by atoms with Crippen LogP contribution >= 0.6 is 0 Å². The summed E-state index contributed by atoms with van der Waals surface area (Å²) in [5.74, 6) is -0.156. The van der Waals surface area contributed by atoms with Gasteiger partial charge >= 0.3 is 0 Å². The number of ether oxygens (including phenoxy) is 2. The van der Waals surface area contributed by atoms with Crippen molar-refractivity contribution < 1.29 is 14.6 Å². The van der Waals surface area contributed by atoms with Crippen molar-refractivity contribution in [2.24, 2.45) is 11.3 Å². The number of hydrogen-bond acceptors (Lipinski definition) is 3. The molecule has 2 atom stereocenters. The van der Waals surface area contributed by atoms with Crippen LogP contribution in [0, 0.1) is 11.3 Å². The first-order valence-electron chi connectivity index (χ1n) is 4.73. The van der Waals surface area contributed by atoms with Crippen molar-refractivity contribution in [3.63, 3.8) is 0 Å². The number of methoxy groups -OCH3 is 2. The second-order valence-electron chi connectivity index (χ2n) is 4.47. The van der Waals surface area contributed by atoms with Gasteiger partial charge in [-0.3, -0.25) is 0 Å². The fourth-order valence-corrected chi connectivity index (χ4v) is 2.49. The molecule has 0 radical (unpaired) electrons. The zero-order valence-corrected chi connectivity index (χ0v) is 8.96. The summed E-state index contributed by atoms with van der Waals surface area (Å²) in [4.78, 5) is 0. The van der Waals surface area contributed by atoms with Crippen LogP contribution in [0.1, 0.15) is 26.7 Å². The quantitative estimate of drug-likeness (QED) is 0.680. The molecular formula is C10H20O3. The monoisotopic (exact) mass is 188 g/mol. The first-order valence-corrected chi connectivity index (χ1v) is 4.73. The molecular weight excluding hydrogens is 168 g/mol. The normalized spacial score (nSPS) is 38.1. The summed E-state index contributed by atoms with van der Waals surface area (Å²) in [7, 11) is 3.34. The maximum Gasteiger partial charge on any atom is 0.170 e. The molecule has 1 fully saturated rings. The van der Waals surface area contributed by atoms with E-state index in [0.717, 1.165) is 12.8 Å². The largest absolute Gasteiger partial charge is 0.396 e. The lowest BCUT2D eigenvalue weighted by molar-refractivity contribution is -0.227. The van der Waals surface area contributed by atoms with E-state index >= 15 is 0 Å². The first-order chi connectivity index (χ1) is 6.02. The number of rotatable bonds is 3. The Morgan fingerprint density at radius 3 is 2.15 bits per heavy atom.